The van der Waals surface area contributed by atoms with Gasteiger partial charge in [0.15, 0.2) is 17.5 Å². The molecule has 0 saturated carbocycles. The highest BCUT2D eigenvalue weighted by atomic mass is 15.0. The van der Waals surface area contributed by atoms with Crippen LogP contribution in [-0.2, 0) is 5.41 Å². The largest absolute Gasteiger partial charge is 0.208 e. The predicted molar refractivity (Wildman–Crippen MR) is 228 cm³/mol. The van der Waals surface area contributed by atoms with E-state index in [4.69, 9.17) is 15.0 Å². The van der Waals surface area contributed by atoms with Crippen molar-refractivity contribution in [2.45, 2.75) is 19.3 Å². The van der Waals surface area contributed by atoms with E-state index in [1.54, 1.807) is 0 Å². The number of aromatic nitrogens is 3. The van der Waals surface area contributed by atoms with Crippen LogP contribution in [0, 0.1) is 0 Å². The molecule has 0 fully saturated rings. The lowest BCUT2D eigenvalue weighted by Crippen LogP contribution is -2.15. The molecular weight excluding hydrogens is 667 g/mol. The zero-order valence-corrected chi connectivity index (χ0v) is 30.6. The Balaban J connectivity index is 0.948. The molecule has 3 nitrogen and oxygen atoms in total. The number of hydrogen-bond acceptors (Lipinski definition) is 3. The number of benzene rings is 9. The molecule has 11 rings (SSSR count). The lowest BCUT2D eigenvalue weighted by Gasteiger charge is -2.22. The Kier molecular flexibility index (Phi) is 6.90. The Hall–Kier alpha value is -6.97. The van der Waals surface area contributed by atoms with E-state index in [0.717, 1.165) is 16.7 Å². The second-order valence-electron chi connectivity index (χ2n) is 15.2. The maximum atomic E-state index is 5.02. The minimum Gasteiger partial charge on any atom is -0.208 e. The molecule has 0 unspecified atom stereocenters. The summed E-state index contributed by atoms with van der Waals surface area (Å²) in [6.07, 6.45) is 0. The van der Waals surface area contributed by atoms with Gasteiger partial charge in [-0.15, -0.1) is 0 Å². The van der Waals surface area contributed by atoms with Crippen LogP contribution in [0.25, 0.3) is 99.9 Å². The van der Waals surface area contributed by atoms with E-state index in [9.17, 15) is 0 Å². The van der Waals surface area contributed by atoms with Crippen molar-refractivity contribution >= 4 is 32.3 Å². The van der Waals surface area contributed by atoms with E-state index in [0.29, 0.717) is 17.5 Å². The zero-order chi connectivity index (χ0) is 36.7. The Bertz CT molecular complexity index is 3020. The molecule has 3 heteroatoms. The Labute approximate surface area is 320 Å². The smallest absolute Gasteiger partial charge is 0.164 e. The summed E-state index contributed by atoms with van der Waals surface area (Å²) in [7, 11) is 0. The molecule has 55 heavy (non-hydrogen) atoms. The van der Waals surface area contributed by atoms with E-state index in [-0.39, 0.29) is 5.41 Å². The molecule has 0 aliphatic heterocycles. The second kappa shape index (κ2) is 12.0. The molecule has 1 aliphatic rings. The maximum absolute atomic E-state index is 5.02. The van der Waals surface area contributed by atoms with Gasteiger partial charge in [0, 0.05) is 22.1 Å². The van der Waals surface area contributed by atoms with Gasteiger partial charge in [-0.1, -0.05) is 178 Å². The van der Waals surface area contributed by atoms with Crippen LogP contribution < -0.4 is 0 Å². The van der Waals surface area contributed by atoms with Crippen LogP contribution in [0.4, 0.5) is 0 Å². The van der Waals surface area contributed by atoms with Crippen molar-refractivity contribution in [1.82, 2.24) is 15.0 Å². The standard InChI is InChI=1S/C52H35N3/c1-52(2)45-30-39(32-16-18-33(19-17-32)41-26-22-36-21-20-34-14-9-15-35-23-29-44(41)48(36)47(34)35)24-27-42(45)43-28-25-40(31-46(43)52)51-54-49(37-10-5-3-6-11-37)53-50(55-51)38-12-7-4-8-13-38/h3-31H,1-2H3. The predicted octanol–water partition coefficient (Wildman–Crippen LogP) is 13.4. The fraction of sp³-hybridized carbons (Fsp3) is 0.0577. The van der Waals surface area contributed by atoms with Crippen molar-refractivity contribution in [3.8, 4) is 67.5 Å². The molecule has 258 valence electrons. The van der Waals surface area contributed by atoms with Gasteiger partial charge in [-0.05, 0) is 89.0 Å². The van der Waals surface area contributed by atoms with Crippen molar-refractivity contribution in [2.75, 3.05) is 0 Å². The summed E-state index contributed by atoms with van der Waals surface area (Å²) in [5, 5.41) is 7.88. The summed E-state index contributed by atoms with van der Waals surface area (Å²) in [4.78, 5) is 14.9. The van der Waals surface area contributed by atoms with Gasteiger partial charge in [0.05, 0.1) is 0 Å². The summed E-state index contributed by atoms with van der Waals surface area (Å²) in [6, 6.07) is 63.3. The number of hydrogen-bond donors (Lipinski definition) is 0. The number of fused-ring (bicyclic) bond motifs is 3. The highest BCUT2D eigenvalue weighted by Crippen LogP contribution is 2.51. The van der Waals surface area contributed by atoms with Crippen LogP contribution in [0.2, 0.25) is 0 Å². The summed E-state index contributed by atoms with van der Waals surface area (Å²) in [6.45, 7) is 4.67. The SMILES string of the molecule is CC1(C)c2cc(-c3ccc(-c4ccc5ccc6cccc7ccc4c5c67)cc3)ccc2-c2ccc(-c3nc(-c4ccccc4)nc(-c4ccccc4)n3)cc21. The molecule has 1 aliphatic carbocycles. The molecule has 1 heterocycles. The van der Waals surface area contributed by atoms with Gasteiger partial charge in [-0.2, -0.15) is 0 Å². The van der Waals surface area contributed by atoms with Gasteiger partial charge in [-0.25, -0.2) is 15.0 Å². The van der Waals surface area contributed by atoms with Crippen molar-refractivity contribution in [3.63, 3.8) is 0 Å². The molecule has 9 aromatic carbocycles. The van der Waals surface area contributed by atoms with Crippen LogP contribution in [-0.4, -0.2) is 15.0 Å². The molecule has 0 radical (unpaired) electrons. The highest BCUT2D eigenvalue weighted by molar-refractivity contribution is 6.25. The average molecular weight is 702 g/mol. The van der Waals surface area contributed by atoms with Crippen molar-refractivity contribution in [2.24, 2.45) is 0 Å². The normalized spacial score (nSPS) is 13.1. The molecule has 0 saturated heterocycles. The fourth-order valence-electron chi connectivity index (χ4n) is 8.82. The maximum Gasteiger partial charge on any atom is 0.164 e. The first-order chi connectivity index (χ1) is 27.0. The van der Waals surface area contributed by atoms with Crippen molar-refractivity contribution in [3.05, 3.63) is 187 Å². The minimum absolute atomic E-state index is 0.212. The molecule has 10 aromatic rings. The second-order valence-corrected chi connectivity index (χ2v) is 15.2. The van der Waals surface area contributed by atoms with E-state index < -0.39 is 0 Å². The quantitative estimate of drug-likeness (QED) is 0.168. The van der Waals surface area contributed by atoms with E-state index in [1.807, 2.05) is 60.7 Å². The highest BCUT2D eigenvalue weighted by Gasteiger charge is 2.36. The number of rotatable bonds is 5. The van der Waals surface area contributed by atoms with Gasteiger partial charge in [0.2, 0.25) is 0 Å². The number of nitrogens with zero attached hydrogens (tertiary/aromatic N) is 3. The van der Waals surface area contributed by atoms with Gasteiger partial charge in [0.25, 0.3) is 0 Å². The Morgan fingerprint density at radius 3 is 1.40 bits per heavy atom. The Morgan fingerprint density at radius 2 is 0.782 bits per heavy atom. The lowest BCUT2D eigenvalue weighted by molar-refractivity contribution is 0.661. The van der Waals surface area contributed by atoms with E-state index >= 15 is 0 Å². The summed E-state index contributed by atoms with van der Waals surface area (Å²) in [5.41, 5.74) is 12.8. The van der Waals surface area contributed by atoms with Gasteiger partial charge >= 0.3 is 0 Å². The van der Waals surface area contributed by atoms with Gasteiger partial charge in [-0.3, -0.25) is 0 Å². The topological polar surface area (TPSA) is 38.7 Å². The van der Waals surface area contributed by atoms with Crippen LogP contribution in [0.3, 0.4) is 0 Å². The molecular formula is C52H35N3. The van der Waals surface area contributed by atoms with Crippen LogP contribution >= 0.6 is 0 Å². The fourth-order valence-corrected chi connectivity index (χ4v) is 8.82. The van der Waals surface area contributed by atoms with Crippen LogP contribution in [0.15, 0.2) is 176 Å². The average Bonchev–Trinajstić information content (AvgIpc) is 3.48. The summed E-state index contributed by atoms with van der Waals surface area (Å²) >= 11 is 0. The monoisotopic (exact) mass is 701 g/mol. The first-order valence-corrected chi connectivity index (χ1v) is 18.9. The molecule has 0 atom stereocenters. The third-order valence-electron chi connectivity index (χ3n) is 11.7. The lowest BCUT2D eigenvalue weighted by atomic mass is 9.81. The van der Waals surface area contributed by atoms with Gasteiger partial charge < -0.3 is 0 Å². The van der Waals surface area contributed by atoms with Crippen molar-refractivity contribution in [1.29, 1.82) is 0 Å². The molecule has 0 bridgehead atoms. The molecule has 0 spiro atoms. The third-order valence-corrected chi connectivity index (χ3v) is 11.7. The molecule has 0 N–H and O–H groups in total. The van der Waals surface area contributed by atoms with Crippen LogP contribution in [0.5, 0.6) is 0 Å². The van der Waals surface area contributed by atoms with Gasteiger partial charge in [0.1, 0.15) is 0 Å². The first kappa shape index (κ1) is 31.5. The third kappa shape index (κ3) is 5.01. The minimum atomic E-state index is -0.212. The molecule has 0 amide bonds. The first-order valence-electron chi connectivity index (χ1n) is 18.9. The molecule has 1 aromatic heterocycles. The summed E-state index contributed by atoms with van der Waals surface area (Å²) < 4.78 is 0. The summed E-state index contributed by atoms with van der Waals surface area (Å²) in [5.74, 6) is 2.01. The van der Waals surface area contributed by atoms with Crippen molar-refractivity contribution < 1.29 is 0 Å². The van der Waals surface area contributed by atoms with E-state index in [2.05, 4.69) is 129 Å². The van der Waals surface area contributed by atoms with Crippen LogP contribution in [0.1, 0.15) is 25.0 Å². The zero-order valence-electron chi connectivity index (χ0n) is 30.6. The Morgan fingerprint density at radius 1 is 0.327 bits per heavy atom. The van der Waals surface area contributed by atoms with E-state index in [1.165, 1.54) is 76.8 Å².